The number of nitrogens with zero attached hydrogens (tertiary/aromatic N) is 4. The van der Waals surface area contributed by atoms with Crippen LogP contribution in [0.1, 0.15) is 12.1 Å². The van der Waals surface area contributed by atoms with Crippen LogP contribution in [-0.2, 0) is 4.79 Å². The number of aliphatic carboxylic acids is 1. The molecule has 1 atom stereocenters. The molecule has 1 saturated heterocycles. The van der Waals surface area contributed by atoms with E-state index in [0.717, 1.165) is 0 Å². The molecule has 7 nitrogen and oxygen atoms in total. The van der Waals surface area contributed by atoms with Crippen LogP contribution in [-0.4, -0.2) is 39.7 Å². The number of carboxylic acids is 1. The van der Waals surface area contributed by atoms with Crippen molar-refractivity contribution in [2.45, 2.75) is 12.0 Å². The molecule has 1 aliphatic rings. The second kappa shape index (κ2) is 3.99. The Labute approximate surface area is 97.5 Å². The van der Waals surface area contributed by atoms with Gasteiger partial charge >= 0.3 is 5.97 Å². The lowest BCUT2D eigenvalue weighted by atomic mass is 10.0. The van der Waals surface area contributed by atoms with Crippen LogP contribution in [0, 0.1) is 11.3 Å². The predicted molar refractivity (Wildman–Crippen MR) is 58.1 cm³/mol. The van der Waals surface area contributed by atoms with E-state index < -0.39 is 11.5 Å². The van der Waals surface area contributed by atoms with Gasteiger partial charge in [-0.05, 0) is 12.5 Å². The third-order valence-corrected chi connectivity index (χ3v) is 2.77. The van der Waals surface area contributed by atoms with Crippen LogP contribution in [0.2, 0.25) is 0 Å². The van der Waals surface area contributed by atoms with Crippen molar-refractivity contribution in [1.82, 2.24) is 9.97 Å². The highest BCUT2D eigenvalue weighted by Gasteiger charge is 2.42. The molecule has 2 heterocycles. The number of anilines is 1. The van der Waals surface area contributed by atoms with Crippen LogP contribution in [0.4, 0.5) is 5.95 Å². The fraction of sp³-hybridized carbons (Fsp3) is 0.400. The average Bonchev–Trinajstić information content (AvgIpc) is 2.74. The topological polar surface area (TPSA) is 116 Å². The molecule has 1 fully saturated rings. The fourth-order valence-corrected chi connectivity index (χ4v) is 1.74. The van der Waals surface area contributed by atoms with Crippen molar-refractivity contribution in [2.24, 2.45) is 5.73 Å². The van der Waals surface area contributed by atoms with E-state index in [4.69, 9.17) is 16.1 Å². The zero-order chi connectivity index (χ0) is 12.5. The fourth-order valence-electron chi connectivity index (χ4n) is 1.74. The number of nitriles is 1. The molecule has 0 bridgehead atoms. The Morgan fingerprint density at radius 1 is 1.71 bits per heavy atom. The Kier molecular flexibility index (Phi) is 2.65. The van der Waals surface area contributed by atoms with Crippen LogP contribution >= 0.6 is 0 Å². The Hall–Kier alpha value is -2.20. The van der Waals surface area contributed by atoms with E-state index in [1.807, 2.05) is 6.07 Å². The van der Waals surface area contributed by atoms with Crippen molar-refractivity contribution < 1.29 is 9.90 Å². The first-order chi connectivity index (χ1) is 8.05. The van der Waals surface area contributed by atoms with Gasteiger partial charge in [0.15, 0.2) is 0 Å². The van der Waals surface area contributed by atoms with Crippen LogP contribution in [0.25, 0.3) is 0 Å². The zero-order valence-corrected chi connectivity index (χ0v) is 9.00. The number of carbonyl (C=O) groups is 1. The van der Waals surface area contributed by atoms with Gasteiger partial charge in [0.2, 0.25) is 5.95 Å². The molecule has 1 aromatic heterocycles. The standard InChI is InChI=1S/C10H11N5O2/c11-5-7-1-3-13-9(14-7)15-4-2-10(12,6-15)8(16)17/h1,3H,2,4,6,12H2,(H,16,17). The van der Waals surface area contributed by atoms with Gasteiger partial charge in [-0.25, -0.2) is 9.97 Å². The zero-order valence-electron chi connectivity index (χ0n) is 9.00. The highest BCUT2D eigenvalue weighted by molar-refractivity contribution is 5.80. The maximum absolute atomic E-state index is 11.0. The van der Waals surface area contributed by atoms with Crippen molar-refractivity contribution >= 4 is 11.9 Å². The molecule has 1 aliphatic heterocycles. The van der Waals surface area contributed by atoms with Crippen molar-refractivity contribution in [1.29, 1.82) is 5.26 Å². The molecule has 0 aromatic carbocycles. The molecule has 0 spiro atoms. The van der Waals surface area contributed by atoms with Crippen LogP contribution < -0.4 is 10.6 Å². The van der Waals surface area contributed by atoms with E-state index >= 15 is 0 Å². The van der Waals surface area contributed by atoms with Gasteiger partial charge in [-0.1, -0.05) is 0 Å². The predicted octanol–water partition coefficient (Wildman–Crippen LogP) is -0.660. The molecule has 17 heavy (non-hydrogen) atoms. The summed E-state index contributed by atoms with van der Waals surface area (Å²) in [4.78, 5) is 20.7. The molecular formula is C10H11N5O2. The maximum atomic E-state index is 11.0. The van der Waals surface area contributed by atoms with E-state index in [9.17, 15) is 4.79 Å². The lowest BCUT2D eigenvalue weighted by Crippen LogP contribution is -2.50. The molecule has 0 saturated carbocycles. The summed E-state index contributed by atoms with van der Waals surface area (Å²) in [7, 11) is 0. The largest absolute Gasteiger partial charge is 0.480 e. The highest BCUT2D eigenvalue weighted by Crippen LogP contribution is 2.22. The third-order valence-electron chi connectivity index (χ3n) is 2.77. The third kappa shape index (κ3) is 2.03. The number of hydrogen-bond acceptors (Lipinski definition) is 6. The first-order valence-corrected chi connectivity index (χ1v) is 5.05. The number of carboxylic acid groups (broad SMARTS) is 1. The Bertz CT molecular complexity index is 498. The number of nitrogens with two attached hydrogens (primary N) is 1. The summed E-state index contributed by atoms with van der Waals surface area (Å²) in [6.07, 6.45) is 1.81. The van der Waals surface area contributed by atoms with E-state index in [-0.39, 0.29) is 12.2 Å². The van der Waals surface area contributed by atoms with Gasteiger partial charge in [0.05, 0.1) is 0 Å². The number of aromatic nitrogens is 2. The highest BCUT2D eigenvalue weighted by atomic mass is 16.4. The Balaban J connectivity index is 2.21. The molecular weight excluding hydrogens is 222 g/mol. The summed E-state index contributed by atoms with van der Waals surface area (Å²) in [6.45, 7) is 0.620. The molecule has 3 N–H and O–H groups in total. The number of rotatable bonds is 2. The van der Waals surface area contributed by atoms with Crippen molar-refractivity contribution in [3.63, 3.8) is 0 Å². The summed E-state index contributed by atoms with van der Waals surface area (Å²) in [6, 6.07) is 3.40. The van der Waals surface area contributed by atoms with E-state index in [1.54, 1.807) is 4.90 Å². The molecule has 88 valence electrons. The monoisotopic (exact) mass is 233 g/mol. The van der Waals surface area contributed by atoms with Gasteiger partial charge in [0.25, 0.3) is 0 Å². The van der Waals surface area contributed by atoms with Gasteiger partial charge in [-0.3, -0.25) is 4.79 Å². The lowest BCUT2D eigenvalue weighted by molar-refractivity contribution is -0.142. The second-order valence-electron chi connectivity index (χ2n) is 3.99. The van der Waals surface area contributed by atoms with Gasteiger partial charge in [-0.15, -0.1) is 0 Å². The first-order valence-electron chi connectivity index (χ1n) is 5.05. The first kappa shape index (κ1) is 11.3. The molecule has 2 rings (SSSR count). The molecule has 0 amide bonds. The van der Waals surface area contributed by atoms with Crippen molar-refractivity contribution in [3.05, 3.63) is 18.0 Å². The molecule has 7 heteroatoms. The second-order valence-corrected chi connectivity index (χ2v) is 3.99. The molecule has 0 aliphatic carbocycles. The van der Waals surface area contributed by atoms with Gasteiger partial charge in [-0.2, -0.15) is 5.26 Å². The van der Waals surface area contributed by atoms with Gasteiger partial charge in [0.1, 0.15) is 17.3 Å². The summed E-state index contributed by atoms with van der Waals surface area (Å²) in [5.74, 6) is -0.686. The minimum absolute atomic E-state index is 0.150. The van der Waals surface area contributed by atoms with Gasteiger partial charge in [0, 0.05) is 19.3 Å². The Morgan fingerprint density at radius 3 is 3.06 bits per heavy atom. The smallest absolute Gasteiger partial charge is 0.325 e. The minimum atomic E-state index is -1.26. The quantitative estimate of drug-likeness (QED) is 0.696. The average molecular weight is 233 g/mol. The van der Waals surface area contributed by atoms with E-state index in [2.05, 4.69) is 9.97 Å². The molecule has 0 radical (unpaired) electrons. The van der Waals surface area contributed by atoms with Gasteiger partial charge < -0.3 is 15.7 Å². The normalized spacial score (nSPS) is 23.4. The van der Waals surface area contributed by atoms with E-state index in [1.165, 1.54) is 12.3 Å². The SMILES string of the molecule is N#Cc1ccnc(N2CCC(N)(C(=O)O)C2)n1. The van der Waals surface area contributed by atoms with Crippen LogP contribution in [0.15, 0.2) is 12.3 Å². The number of hydrogen-bond donors (Lipinski definition) is 2. The van der Waals surface area contributed by atoms with Crippen molar-refractivity contribution in [3.8, 4) is 6.07 Å². The van der Waals surface area contributed by atoms with Crippen LogP contribution in [0.5, 0.6) is 0 Å². The summed E-state index contributed by atoms with van der Waals surface area (Å²) >= 11 is 0. The van der Waals surface area contributed by atoms with Crippen LogP contribution in [0.3, 0.4) is 0 Å². The molecule has 1 unspecified atom stereocenters. The molecule has 1 aromatic rings. The summed E-state index contributed by atoms with van der Waals surface area (Å²) in [5.41, 5.74) is 4.73. The Morgan fingerprint density at radius 2 is 2.47 bits per heavy atom. The van der Waals surface area contributed by atoms with E-state index in [0.29, 0.717) is 18.9 Å². The summed E-state index contributed by atoms with van der Waals surface area (Å²) in [5, 5.41) is 17.7. The van der Waals surface area contributed by atoms with Crippen molar-refractivity contribution in [2.75, 3.05) is 18.0 Å². The maximum Gasteiger partial charge on any atom is 0.325 e. The lowest BCUT2D eigenvalue weighted by Gasteiger charge is -2.19. The summed E-state index contributed by atoms with van der Waals surface area (Å²) < 4.78 is 0. The minimum Gasteiger partial charge on any atom is -0.480 e.